The number of carbonyl (C=O) groups excluding carboxylic acids is 1. The molecule has 0 spiro atoms. The third-order valence-electron chi connectivity index (χ3n) is 6.92. The third kappa shape index (κ3) is 4.95. The van der Waals surface area contributed by atoms with Crippen molar-refractivity contribution in [2.45, 2.75) is 46.2 Å². The Labute approximate surface area is 210 Å². The third-order valence-corrected chi connectivity index (χ3v) is 6.92. The van der Waals surface area contributed by atoms with Gasteiger partial charge in [0.2, 0.25) is 5.91 Å². The molecule has 0 bridgehead atoms. The second-order valence-corrected chi connectivity index (χ2v) is 9.42. The summed E-state index contributed by atoms with van der Waals surface area (Å²) in [6.45, 7) is 7.65. The second kappa shape index (κ2) is 10.5. The minimum Gasteiger partial charge on any atom is -0.356 e. The molecule has 4 aromatic rings. The molecule has 0 saturated heterocycles. The van der Waals surface area contributed by atoms with E-state index in [-0.39, 0.29) is 24.4 Å². The van der Waals surface area contributed by atoms with Crippen LogP contribution in [0.3, 0.4) is 0 Å². The van der Waals surface area contributed by atoms with Crippen LogP contribution in [0.5, 0.6) is 0 Å². The molecule has 3 heterocycles. The molecule has 1 amide bonds. The summed E-state index contributed by atoms with van der Waals surface area (Å²) >= 11 is 0. The number of carbonyl (C=O) groups is 1. The number of nitrogens with zero attached hydrogens (tertiary/aromatic N) is 5. The van der Waals surface area contributed by atoms with Crippen LogP contribution in [0.2, 0.25) is 0 Å². The standard InChI is InChI=1S/C28H32N6O2/c1-20-26-21(2)34(24-11-4-3-5-12-24)31-27(26)28(36)33(30-20)18-14-25(35)29-15-8-16-32-17-13-22-9-6-7-10-23(22)19-32/h3-7,9-12H,8,13-19H2,1-2H3,(H,29,35). The normalized spacial score (nSPS) is 13.6. The first-order valence-corrected chi connectivity index (χ1v) is 12.6. The second-order valence-electron chi connectivity index (χ2n) is 9.42. The lowest BCUT2D eigenvalue weighted by Gasteiger charge is -2.28. The van der Waals surface area contributed by atoms with Crippen LogP contribution >= 0.6 is 0 Å². The predicted octanol–water partition coefficient (Wildman–Crippen LogP) is 3.15. The van der Waals surface area contributed by atoms with Crippen LogP contribution in [-0.2, 0) is 24.3 Å². The summed E-state index contributed by atoms with van der Waals surface area (Å²) in [5.74, 6) is -0.0727. The van der Waals surface area contributed by atoms with Crippen molar-refractivity contribution in [3.63, 3.8) is 0 Å². The molecule has 0 radical (unpaired) electrons. The Morgan fingerprint density at radius 2 is 1.72 bits per heavy atom. The van der Waals surface area contributed by atoms with Crippen molar-refractivity contribution in [1.29, 1.82) is 0 Å². The van der Waals surface area contributed by atoms with Gasteiger partial charge in [-0.05, 0) is 49.9 Å². The first-order valence-electron chi connectivity index (χ1n) is 12.6. The summed E-state index contributed by atoms with van der Waals surface area (Å²) in [6.07, 6.45) is 2.18. The lowest BCUT2D eigenvalue weighted by atomic mass is 10.00. The van der Waals surface area contributed by atoms with E-state index in [0.717, 1.165) is 54.9 Å². The monoisotopic (exact) mass is 484 g/mol. The summed E-state index contributed by atoms with van der Waals surface area (Å²) in [5, 5.41) is 12.8. The molecule has 2 aromatic carbocycles. The van der Waals surface area contributed by atoms with Gasteiger partial charge in [-0.2, -0.15) is 10.2 Å². The summed E-state index contributed by atoms with van der Waals surface area (Å²) in [4.78, 5) is 28.0. The van der Waals surface area contributed by atoms with Crippen molar-refractivity contribution in [2.75, 3.05) is 19.6 Å². The molecule has 5 rings (SSSR count). The number of para-hydroxylation sites is 1. The number of benzene rings is 2. The van der Waals surface area contributed by atoms with Crippen LogP contribution in [-0.4, -0.2) is 50.0 Å². The van der Waals surface area contributed by atoms with Gasteiger partial charge in [-0.25, -0.2) is 9.36 Å². The number of aromatic nitrogens is 4. The van der Waals surface area contributed by atoms with Gasteiger partial charge >= 0.3 is 0 Å². The van der Waals surface area contributed by atoms with Crippen molar-refractivity contribution in [3.05, 3.63) is 87.5 Å². The molecule has 1 N–H and O–H groups in total. The topological polar surface area (TPSA) is 85.1 Å². The average Bonchev–Trinajstić information content (AvgIpc) is 3.26. The van der Waals surface area contributed by atoms with E-state index in [1.807, 2.05) is 44.2 Å². The smallest absolute Gasteiger partial charge is 0.295 e. The van der Waals surface area contributed by atoms with Gasteiger partial charge in [0, 0.05) is 32.6 Å². The summed E-state index contributed by atoms with van der Waals surface area (Å²) in [7, 11) is 0. The minimum atomic E-state index is -0.272. The van der Waals surface area contributed by atoms with Crippen molar-refractivity contribution in [1.82, 2.24) is 29.8 Å². The Morgan fingerprint density at radius 3 is 2.53 bits per heavy atom. The maximum Gasteiger partial charge on any atom is 0.295 e. The molecule has 1 aliphatic heterocycles. The SMILES string of the molecule is Cc1nn(CCC(=O)NCCCN2CCc3ccccc3C2)c(=O)c2nn(-c3ccccc3)c(C)c12. The Kier molecular flexibility index (Phi) is 6.95. The largest absolute Gasteiger partial charge is 0.356 e. The van der Waals surface area contributed by atoms with Gasteiger partial charge in [-0.3, -0.25) is 14.5 Å². The fraction of sp³-hybridized carbons (Fsp3) is 0.357. The highest BCUT2D eigenvalue weighted by atomic mass is 16.2. The molecule has 0 unspecified atom stereocenters. The zero-order valence-electron chi connectivity index (χ0n) is 20.9. The van der Waals surface area contributed by atoms with E-state index in [1.54, 1.807) is 4.68 Å². The number of hydrogen-bond donors (Lipinski definition) is 1. The fourth-order valence-corrected chi connectivity index (χ4v) is 5.03. The summed E-state index contributed by atoms with van der Waals surface area (Å²) in [6, 6.07) is 18.3. The molecule has 8 nitrogen and oxygen atoms in total. The fourth-order valence-electron chi connectivity index (χ4n) is 5.03. The van der Waals surface area contributed by atoms with Crippen LogP contribution in [0.15, 0.2) is 59.4 Å². The zero-order chi connectivity index (χ0) is 25.1. The van der Waals surface area contributed by atoms with Gasteiger partial charge in [0.1, 0.15) is 0 Å². The first-order chi connectivity index (χ1) is 17.5. The molecule has 0 fully saturated rings. The summed E-state index contributed by atoms with van der Waals surface area (Å²) < 4.78 is 3.14. The highest BCUT2D eigenvalue weighted by Crippen LogP contribution is 2.21. The zero-order valence-corrected chi connectivity index (χ0v) is 20.9. The molecule has 36 heavy (non-hydrogen) atoms. The highest BCUT2D eigenvalue weighted by Gasteiger charge is 2.18. The number of nitrogens with one attached hydrogen (secondary N) is 1. The lowest BCUT2D eigenvalue weighted by molar-refractivity contribution is -0.121. The predicted molar refractivity (Wildman–Crippen MR) is 140 cm³/mol. The van der Waals surface area contributed by atoms with Gasteiger partial charge in [-0.15, -0.1) is 0 Å². The van der Waals surface area contributed by atoms with E-state index < -0.39 is 0 Å². The molecule has 1 aliphatic rings. The highest BCUT2D eigenvalue weighted by molar-refractivity contribution is 5.83. The van der Waals surface area contributed by atoms with E-state index >= 15 is 0 Å². The van der Waals surface area contributed by atoms with Crippen LogP contribution in [0.4, 0.5) is 0 Å². The number of rotatable bonds is 8. The molecule has 186 valence electrons. The Hall–Kier alpha value is -3.78. The minimum absolute atomic E-state index is 0.0727. The van der Waals surface area contributed by atoms with Crippen LogP contribution in [0.25, 0.3) is 16.6 Å². The number of hydrogen-bond acceptors (Lipinski definition) is 5. The molecule has 0 saturated carbocycles. The summed E-state index contributed by atoms with van der Waals surface area (Å²) in [5.41, 5.74) is 5.46. The van der Waals surface area contributed by atoms with Gasteiger partial charge in [-0.1, -0.05) is 42.5 Å². The lowest BCUT2D eigenvalue weighted by Crippen LogP contribution is -2.34. The van der Waals surface area contributed by atoms with E-state index in [2.05, 4.69) is 44.7 Å². The van der Waals surface area contributed by atoms with Crippen LogP contribution in [0.1, 0.15) is 35.4 Å². The molecule has 0 aliphatic carbocycles. The van der Waals surface area contributed by atoms with Gasteiger partial charge in [0.25, 0.3) is 5.56 Å². The van der Waals surface area contributed by atoms with Gasteiger partial charge < -0.3 is 5.32 Å². The number of fused-ring (bicyclic) bond motifs is 2. The van der Waals surface area contributed by atoms with Crippen molar-refractivity contribution >= 4 is 16.8 Å². The molecule has 8 heteroatoms. The molecule has 0 atom stereocenters. The van der Waals surface area contributed by atoms with E-state index in [1.165, 1.54) is 15.8 Å². The van der Waals surface area contributed by atoms with E-state index in [4.69, 9.17) is 0 Å². The van der Waals surface area contributed by atoms with Crippen LogP contribution in [0, 0.1) is 13.8 Å². The number of amides is 1. The Morgan fingerprint density at radius 1 is 0.972 bits per heavy atom. The average molecular weight is 485 g/mol. The maximum atomic E-state index is 13.1. The van der Waals surface area contributed by atoms with Crippen LogP contribution < -0.4 is 10.9 Å². The Balaban J connectivity index is 1.15. The van der Waals surface area contributed by atoms with E-state index in [0.29, 0.717) is 12.1 Å². The number of aryl methyl sites for hydroxylation is 3. The quantitative estimate of drug-likeness (QED) is 0.389. The molecular weight excluding hydrogens is 452 g/mol. The van der Waals surface area contributed by atoms with Crippen molar-refractivity contribution in [2.24, 2.45) is 0 Å². The van der Waals surface area contributed by atoms with E-state index in [9.17, 15) is 9.59 Å². The van der Waals surface area contributed by atoms with Crippen molar-refractivity contribution < 1.29 is 4.79 Å². The Bertz CT molecular complexity index is 1440. The van der Waals surface area contributed by atoms with Crippen molar-refractivity contribution in [3.8, 4) is 5.69 Å². The maximum absolute atomic E-state index is 13.1. The molecule has 2 aromatic heterocycles. The van der Waals surface area contributed by atoms with Gasteiger partial charge in [0.05, 0.1) is 29.0 Å². The first kappa shape index (κ1) is 23.9. The van der Waals surface area contributed by atoms with Gasteiger partial charge in [0.15, 0.2) is 5.52 Å². The molecular formula is C28H32N6O2.